The molecule has 5 rings (SSSR count). The molecule has 0 aromatic rings. The Morgan fingerprint density at radius 3 is 2.41 bits per heavy atom. The summed E-state index contributed by atoms with van der Waals surface area (Å²) in [6, 6.07) is 0. The van der Waals surface area contributed by atoms with Gasteiger partial charge in [0.2, 0.25) is 0 Å². The first-order chi connectivity index (χ1) is 15.1. The van der Waals surface area contributed by atoms with Crippen molar-refractivity contribution in [3.05, 3.63) is 11.1 Å². The van der Waals surface area contributed by atoms with Crippen molar-refractivity contribution >= 4 is 14.3 Å². The monoisotopic (exact) mass is 456 g/mol. The van der Waals surface area contributed by atoms with E-state index in [2.05, 4.69) is 33.9 Å². The van der Waals surface area contributed by atoms with Crippen molar-refractivity contribution in [2.75, 3.05) is 0 Å². The normalized spacial score (nSPS) is 40.0. The van der Waals surface area contributed by atoms with Gasteiger partial charge in [-0.1, -0.05) is 57.6 Å². The maximum absolute atomic E-state index is 13.9. The summed E-state index contributed by atoms with van der Waals surface area (Å²) in [7, 11) is -2.10. The number of allylic oxidation sites excluding steroid dienone is 1. The Bertz CT molecular complexity index is 775. The van der Waals surface area contributed by atoms with Gasteiger partial charge in [0.25, 0.3) is 8.32 Å². The van der Waals surface area contributed by atoms with Gasteiger partial charge in [-0.25, -0.2) is 0 Å². The van der Waals surface area contributed by atoms with Crippen LogP contribution < -0.4 is 0 Å². The maximum Gasteiger partial charge on any atom is 0.302 e. The van der Waals surface area contributed by atoms with Crippen molar-refractivity contribution in [3.8, 4) is 0 Å². The van der Waals surface area contributed by atoms with E-state index in [0.29, 0.717) is 0 Å². The summed E-state index contributed by atoms with van der Waals surface area (Å²) in [6.45, 7) is 11.3. The molecule has 0 aliphatic heterocycles. The van der Waals surface area contributed by atoms with Crippen LogP contribution in [-0.4, -0.2) is 14.3 Å². The van der Waals surface area contributed by atoms with Crippen LogP contribution in [0.25, 0.3) is 0 Å². The van der Waals surface area contributed by atoms with Gasteiger partial charge in [0, 0.05) is 0 Å². The lowest BCUT2D eigenvalue weighted by molar-refractivity contribution is -0.147. The van der Waals surface area contributed by atoms with Gasteiger partial charge in [-0.3, -0.25) is 4.79 Å². The molecule has 3 heteroatoms. The van der Waals surface area contributed by atoms with Crippen molar-refractivity contribution < 1.29 is 9.22 Å². The van der Waals surface area contributed by atoms with E-state index in [1.807, 2.05) is 0 Å². The number of carbonyl (C=O) groups excluding carboxylic acids is 1. The largest absolute Gasteiger partial charge is 0.518 e. The summed E-state index contributed by atoms with van der Waals surface area (Å²) in [5, 5.41) is 0.0785. The molecule has 32 heavy (non-hydrogen) atoms. The van der Waals surface area contributed by atoms with Gasteiger partial charge in [0.15, 0.2) is 0 Å². The zero-order valence-corrected chi connectivity index (χ0v) is 22.6. The zero-order valence-electron chi connectivity index (χ0n) is 21.6. The Labute approximate surface area is 198 Å². The third-order valence-electron chi connectivity index (χ3n) is 11.3. The summed E-state index contributed by atoms with van der Waals surface area (Å²) < 4.78 is 6.52. The summed E-state index contributed by atoms with van der Waals surface area (Å²) in [5.41, 5.74) is 3.08. The number of hydrogen-bond acceptors (Lipinski definition) is 2. The predicted molar refractivity (Wildman–Crippen MR) is 135 cm³/mol. The van der Waals surface area contributed by atoms with Crippen LogP contribution in [0.1, 0.15) is 111 Å². The number of hydrogen-bond donors (Lipinski definition) is 0. The molecule has 2 nitrogen and oxygen atoms in total. The molecule has 0 radical (unpaired) electrons. The van der Waals surface area contributed by atoms with E-state index in [-0.39, 0.29) is 16.4 Å². The van der Waals surface area contributed by atoms with E-state index in [0.717, 1.165) is 42.4 Å². The third kappa shape index (κ3) is 3.68. The van der Waals surface area contributed by atoms with Crippen LogP contribution in [-0.2, 0) is 9.22 Å². The molecule has 5 aliphatic carbocycles. The average molecular weight is 457 g/mol. The summed E-state index contributed by atoms with van der Waals surface area (Å²) >= 11 is 0. The van der Waals surface area contributed by atoms with E-state index < -0.39 is 8.32 Å². The lowest BCUT2D eigenvalue weighted by atomic mass is 9.50. The minimum atomic E-state index is -2.10. The van der Waals surface area contributed by atoms with E-state index >= 15 is 0 Å². The van der Waals surface area contributed by atoms with E-state index in [1.54, 1.807) is 11.1 Å². The van der Waals surface area contributed by atoms with Crippen LogP contribution in [0.15, 0.2) is 11.1 Å². The third-order valence-corrected chi connectivity index (χ3v) is 15.6. The predicted octanol–water partition coefficient (Wildman–Crippen LogP) is 8.43. The molecule has 5 aliphatic rings. The molecule has 0 aromatic heterocycles. The highest BCUT2D eigenvalue weighted by Gasteiger charge is 2.55. The number of carbonyl (C=O) groups is 1. The molecule has 6 atom stereocenters. The highest BCUT2D eigenvalue weighted by molar-refractivity contribution is 6.75. The minimum Gasteiger partial charge on any atom is -0.518 e. The molecule has 180 valence electrons. The lowest BCUT2D eigenvalue weighted by Gasteiger charge is -2.55. The van der Waals surface area contributed by atoms with Gasteiger partial charge in [-0.2, -0.15) is 0 Å². The average Bonchev–Trinajstić information content (AvgIpc) is 2.77. The molecule has 0 heterocycles. The molecule has 0 bridgehead atoms. The Balaban J connectivity index is 1.44. The van der Waals surface area contributed by atoms with Crippen LogP contribution in [0.3, 0.4) is 0 Å². The first-order valence-corrected chi connectivity index (χ1v) is 17.0. The molecule has 6 unspecified atom stereocenters. The fourth-order valence-electron chi connectivity index (χ4n) is 8.63. The highest BCUT2D eigenvalue weighted by Crippen LogP contribution is 2.61. The second-order valence-corrected chi connectivity index (χ2v) is 18.5. The van der Waals surface area contributed by atoms with Crippen LogP contribution >= 0.6 is 0 Å². The highest BCUT2D eigenvalue weighted by atomic mass is 28.4. The van der Waals surface area contributed by atoms with Crippen LogP contribution in [0.5, 0.6) is 0 Å². The van der Waals surface area contributed by atoms with E-state index in [1.165, 1.54) is 77.0 Å². The Morgan fingerprint density at radius 1 is 0.844 bits per heavy atom. The van der Waals surface area contributed by atoms with Crippen molar-refractivity contribution in [2.45, 2.75) is 129 Å². The van der Waals surface area contributed by atoms with Gasteiger partial charge >= 0.3 is 5.97 Å². The van der Waals surface area contributed by atoms with E-state index in [9.17, 15) is 4.79 Å². The molecule has 0 saturated heterocycles. The van der Waals surface area contributed by atoms with Crippen molar-refractivity contribution in [1.29, 1.82) is 0 Å². The molecular formula is C29H48O2Si. The van der Waals surface area contributed by atoms with Crippen LogP contribution in [0.2, 0.25) is 18.1 Å². The SMILES string of the molecule is CC(C)(C)[Si](C)(C)OC(=O)C12CCCCC1=C1CCC3C4CCCCC4CCC3C1CC2. The second kappa shape index (κ2) is 8.28. The second-order valence-electron chi connectivity index (χ2n) is 13.7. The first-order valence-electron chi connectivity index (χ1n) is 14.1. The van der Waals surface area contributed by atoms with Gasteiger partial charge in [-0.05, 0) is 112 Å². The van der Waals surface area contributed by atoms with Crippen LogP contribution in [0.4, 0.5) is 0 Å². The summed E-state index contributed by atoms with van der Waals surface area (Å²) in [5.74, 6) is 4.92. The van der Waals surface area contributed by atoms with Crippen molar-refractivity contribution in [2.24, 2.45) is 35.0 Å². The molecule has 0 N–H and O–H groups in total. The van der Waals surface area contributed by atoms with Crippen LogP contribution in [0, 0.1) is 35.0 Å². The Hall–Kier alpha value is -0.573. The molecule has 0 aromatic carbocycles. The van der Waals surface area contributed by atoms with Crippen molar-refractivity contribution in [3.63, 3.8) is 0 Å². The first kappa shape index (κ1) is 23.2. The number of fused-ring (bicyclic) bond motifs is 6. The smallest absolute Gasteiger partial charge is 0.302 e. The quantitative estimate of drug-likeness (QED) is 0.308. The fraction of sp³-hybridized carbons (Fsp3) is 0.897. The molecule has 0 spiro atoms. The minimum absolute atomic E-state index is 0.0785. The molecule has 4 fully saturated rings. The fourth-order valence-corrected chi connectivity index (χ4v) is 9.59. The summed E-state index contributed by atoms with van der Waals surface area (Å²) in [4.78, 5) is 13.9. The standard InChI is InChI=1S/C29H48O2Si/c1-28(2,3)32(4,5)31-27(30)29-18-9-8-12-26(29)25-16-15-22-21-11-7-6-10-20(21)13-14-23(22)24(25)17-19-29/h20-24H,6-19H2,1-5H3. The van der Waals surface area contributed by atoms with Gasteiger partial charge < -0.3 is 4.43 Å². The number of rotatable bonds is 2. The lowest BCUT2D eigenvalue weighted by Crippen LogP contribution is -2.51. The van der Waals surface area contributed by atoms with E-state index in [4.69, 9.17) is 4.43 Å². The Morgan fingerprint density at radius 2 is 1.62 bits per heavy atom. The van der Waals surface area contributed by atoms with Gasteiger partial charge in [-0.15, -0.1) is 0 Å². The summed E-state index contributed by atoms with van der Waals surface area (Å²) in [6.07, 6.45) is 18.6. The molecular weight excluding hydrogens is 408 g/mol. The topological polar surface area (TPSA) is 26.3 Å². The van der Waals surface area contributed by atoms with Gasteiger partial charge in [0.05, 0.1) is 5.41 Å². The molecule has 4 saturated carbocycles. The Kier molecular flexibility index (Phi) is 5.99. The van der Waals surface area contributed by atoms with Crippen molar-refractivity contribution in [1.82, 2.24) is 0 Å². The van der Waals surface area contributed by atoms with Gasteiger partial charge in [0.1, 0.15) is 0 Å². The zero-order chi connectivity index (χ0) is 22.7. The molecule has 0 amide bonds. The maximum atomic E-state index is 13.9.